The summed E-state index contributed by atoms with van der Waals surface area (Å²) >= 11 is 5.91. The molecular weight excluding hydrogens is 334 g/mol. The van der Waals surface area contributed by atoms with Crippen LogP contribution in [0.3, 0.4) is 0 Å². The lowest BCUT2D eigenvalue weighted by Crippen LogP contribution is -2.37. The Balaban J connectivity index is 1.76. The Hall–Kier alpha value is -1.83. The zero-order valence-corrected chi connectivity index (χ0v) is 14.3. The zero-order chi connectivity index (χ0) is 17.5. The number of rotatable bonds is 7. The first-order valence-electron chi connectivity index (χ1n) is 7.80. The van der Waals surface area contributed by atoms with E-state index >= 15 is 0 Å². The second-order valence-electron chi connectivity index (χ2n) is 5.49. The summed E-state index contributed by atoms with van der Waals surface area (Å²) in [6.07, 6.45) is 1.03. The molecule has 2 atom stereocenters. The second kappa shape index (κ2) is 8.86. The lowest BCUT2D eigenvalue weighted by molar-refractivity contribution is -0.131. The standard InChI is InChI=1S/C16H22ClN3O4/c1-23-13-4-2-10(17)8-12(13)20-15(21)6-7-19-16(22)14-5-3-11(9-18)24-14/h2,4,8,11,14H,3,5-7,9,18H2,1H3,(H,19,22)(H,20,21)/t11-,14+/m1/s1. The minimum Gasteiger partial charge on any atom is -0.495 e. The van der Waals surface area contributed by atoms with E-state index < -0.39 is 6.10 Å². The van der Waals surface area contributed by atoms with Crippen molar-refractivity contribution in [1.82, 2.24) is 5.32 Å². The lowest BCUT2D eigenvalue weighted by Gasteiger charge is -2.13. The maximum atomic E-state index is 12.0. The van der Waals surface area contributed by atoms with Crippen molar-refractivity contribution in [2.24, 2.45) is 5.73 Å². The molecule has 8 heteroatoms. The number of benzene rings is 1. The van der Waals surface area contributed by atoms with Crippen molar-refractivity contribution < 1.29 is 19.1 Å². The lowest BCUT2D eigenvalue weighted by atomic mass is 10.2. The molecule has 1 heterocycles. The number of methoxy groups -OCH3 is 1. The number of hydrogen-bond acceptors (Lipinski definition) is 5. The van der Waals surface area contributed by atoms with E-state index in [4.69, 9.17) is 26.8 Å². The minimum atomic E-state index is -0.477. The maximum Gasteiger partial charge on any atom is 0.249 e. The Bertz CT molecular complexity index is 597. The van der Waals surface area contributed by atoms with Crippen LogP contribution in [0.1, 0.15) is 19.3 Å². The van der Waals surface area contributed by atoms with Crippen molar-refractivity contribution >= 4 is 29.1 Å². The first-order valence-corrected chi connectivity index (χ1v) is 8.18. The third-order valence-corrected chi connectivity index (χ3v) is 3.98. The van der Waals surface area contributed by atoms with Crippen LogP contribution < -0.4 is 21.1 Å². The first-order chi connectivity index (χ1) is 11.5. The summed E-state index contributed by atoms with van der Waals surface area (Å²) in [5.74, 6) is 0.0612. The molecule has 1 aromatic carbocycles. The Morgan fingerprint density at radius 3 is 2.88 bits per heavy atom. The minimum absolute atomic E-state index is 0.0562. The highest BCUT2D eigenvalue weighted by Crippen LogP contribution is 2.27. The molecule has 2 amide bonds. The molecule has 24 heavy (non-hydrogen) atoms. The van der Waals surface area contributed by atoms with Gasteiger partial charge in [-0.05, 0) is 31.0 Å². The molecule has 7 nitrogen and oxygen atoms in total. The number of nitrogens with two attached hydrogens (primary N) is 1. The van der Waals surface area contributed by atoms with Gasteiger partial charge in [0.15, 0.2) is 0 Å². The molecular formula is C16H22ClN3O4. The summed E-state index contributed by atoms with van der Waals surface area (Å²) in [6, 6.07) is 4.95. The van der Waals surface area contributed by atoms with E-state index in [1.807, 2.05) is 0 Å². The molecule has 1 aliphatic heterocycles. The average Bonchev–Trinajstić information content (AvgIpc) is 3.04. The molecule has 0 radical (unpaired) electrons. The predicted molar refractivity (Wildman–Crippen MR) is 91.2 cm³/mol. The monoisotopic (exact) mass is 355 g/mol. The Kier molecular flexibility index (Phi) is 6.84. The fraction of sp³-hybridized carbons (Fsp3) is 0.500. The van der Waals surface area contributed by atoms with Gasteiger partial charge < -0.3 is 25.8 Å². The number of hydrogen-bond donors (Lipinski definition) is 3. The van der Waals surface area contributed by atoms with Gasteiger partial charge in [0.25, 0.3) is 0 Å². The number of ether oxygens (including phenoxy) is 2. The third kappa shape index (κ3) is 5.09. The molecule has 1 aromatic rings. The number of amides is 2. The van der Waals surface area contributed by atoms with Crippen molar-refractivity contribution in [2.45, 2.75) is 31.5 Å². The van der Waals surface area contributed by atoms with Gasteiger partial charge in [-0.15, -0.1) is 0 Å². The second-order valence-corrected chi connectivity index (χ2v) is 5.93. The van der Waals surface area contributed by atoms with Gasteiger partial charge in [0, 0.05) is 24.5 Å². The highest BCUT2D eigenvalue weighted by atomic mass is 35.5. The summed E-state index contributed by atoms with van der Waals surface area (Å²) in [4.78, 5) is 23.9. The zero-order valence-electron chi connectivity index (χ0n) is 13.5. The molecule has 0 unspecified atom stereocenters. The van der Waals surface area contributed by atoms with Gasteiger partial charge in [0.2, 0.25) is 11.8 Å². The highest BCUT2D eigenvalue weighted by molar-refractivity contribution is 6.31. The molecule has 0 aromatic heterocycles. The van der Waals surface area contributed by atoms with Gasteiger partial charge in [-0.3, -0.25) is 9.59 Å². The average molecular weight is 356 g/mol. The number of nitrogens with one attached hydrogen (secondary N) is 2. The fourth-order valence-corrected chi connectivity index (χ4v) is 2.65. The van der Waals surface area contributed by atoms with E-state index in [1.165, 1.54) is 7.11 Å². The first kappa shape index (κ1) is 18.5. The van der Waals surface area contributed by atoms with Gasteiger partial charge in [0.05, 0.1) is 18.9 Å². The van der Waals surface area contributed by atoms with E-state index in [9.17, 15) is 9.59 Å². The van der Waals surface area contributed by atoms with Crippen LogP contribution in [0.2, 0.25) is 5.02 Å². The molecule has 1 fully saturated rings. The van der Waals surface area contributed by atoms with Crippen molar-refractivity contribution in [3.8, 4) is 5.75 Å². The van der Waals surface area contributed by atoms with Crippen LogP contribution in [0.4, 0.5) is 5.69 Å². The molecule has 1 aliphatic rings. The molecule has 132 valence electrons. The Morgan fingerprint density at radius 2 is 2.21 bits per heavy atom. The van der Waals surface area contributed by atoms with Crippen LogP contribution >= 0.6 is 11.6 Å². The molecule has 4 N–H and O–H groups in total. The largest absolute Gasteiger partial charge is 0.495 e. The van der Waals surface area contributed by atoms with Gasteiger partial charge >= 0.3 is 0 Å². The summed E-state index contributed by atoms with van der Waals surface area (Å²) in [5, 5.41) is 5.91. The van der Waals surface area contributed by atoms with Crippen LogP contribution in [0.5, 0.6) is 5.75 Å². The summed E-state index contributed by atoms with van der Waals surface area (Å²) in [5.41, 5.74) is 6.01. The number of carbonyl (C=O) groups excluding carboxylic acids is 2. The van der Waals surface area contributed by atoms with Crippen molar-refractivity contribution in [1.29, 1.82) is 0 Å². The van der Waals surface area contributed by atoms with E-state index in [0.717, 1.165) is 6.42 Å². The molecule has 1 saturated heterocycles. The van der Waals surface area contributed by atoms with Crippen LogP contribution in [0.15, 0.2) is 18.2 Å². The van der Waals surface area contributed by atoms with E-state index in [1.54, 1.807) is 18.2 Å². The topological polar surface area (TPSA) is 103 Å². The van der Waals surface area contributed by atoms with Crippen LogP contribution in [-0.4, -0.2) is 44.2 Å². The van der Waals surface area contributed by atoms with E-state index in [2.05, 4.69) is 10.6 Å². The number of anilines is 1. The number of halogens is 1. The highest BCUT2D eigenvalue weighted by Gasteiger charge is 2.29. The molecule has 0 saturated carbocycles. The normalized spacial score (nSPS) is 19.8. The quantitative estimate of drug-likeness (QED) is 0.684. The van der Waals surface area contributed by atoms with E-state index in [-0.39, 0.29) is 30.9 Å². The number of carbonyl (C=O) groups is 2. The molecule has 2 rings (SSSR count). The van der Waals surface area contributed by atoms with Crippen molar-refractivity contribution in [3.63, 3.8) is 0 Å². The smallest absolute Gasteiger partial charge is 0.249 e. The molecule has 0 aliphatic carbocycles. The van der Waals surface area contributed by atoms with Crippen molar-refractivity contribution in [3.05, 3.63) is 23.2 Å². The van der Waals surface area contributed by atoms with Gasteiger partial charge in [-0.2, -0.15) is 0 Å². The fourth-order valence-electron chi connectivity index (χ4n) is 2.48. The Labute approximate surface area is 145 Å². The van der Waals surface area contributed by atoms with Gasteiger partial charge in [-0.25, -0.2) is 0 Å². The van der Waals surface area contributed by atoms with Gasteiger partial charge in [-0.1, -0.05) is 11.6 Å². The van der Waals surface area contributed by atoms with Gasteiger partial charge in [0.1, 0.15) is 11.9 Å². The SMILES string of the molecule is COc1ccc(Cl)cc1NC(=O)CCNC(=O)[C@@H]1CC[C@H](CN)O1. The summed E-state index contributed by atoms with van der Waals surface area (Å²) in [6.45, 7) is 0.633. The van der Waals surface area contributed by atoms with Crippen LogP contribution in [0.25, 0.3) is 0 Å². The van der Waals surface area contributed by atoms with Crippen LogP contribution in [0, 0.1) is 0 Å². The van der Waals surface area contributed by atoms with E-state index in [0.29, 0.717) is 29.4 Å². The van der Waals surface area contributed by atoms with Crippen molar-refractivity contribution in [2.75, 3.05) is 25.5 Å². The predicted octanol–water partition coefficient (Wildman–Crippen LogP) is 1.30. The maximum absolute atomic E-state index is 12.0. The summed E-state index contributed by atoms with van der Waals surface area (Å²) in [7, 11) is 1.51. The molecule has 0 bridgehead atoms. The Morgan fingerprint density at radius 1 is 1.42 bits per heavy atom. The summed E-state index contributed by atoms with van der Waals surface area (Å²) < 4.78 is 10.7. The molecule has 0 spiro atoms. The van der Waals surface area contributed by atoms with Crippen LogP contribution in [-0.2, 0) is 14.3 Å². The third-order valence-electron chi connectivity index (χ3n) is 3.75.